The number of halogens is 1. The van der Waals surface area contributed by atoms with E-state index in [1.54, 1.807) is 0 Å². The quantitative estimate of drug-likeness (QED) is 0.826. The highest BCUT2D eigenvalue weighted by molar-refractivity contribution is 5.85. The molecule has 18 heavy (non-hydrogen) atoms. The van der Waals surface area contributed by atoms with Gasteiger partial charge in [0.15, 0.2) is 11.5 Å². The Morgan fingerprint density at radius 3 is 2.39 bits per heavy atom. The molecule has 0 atom stereocenters. The zero-order valence-electron chi connectivity index (χ0n) is 11.1. The Morgan fingerprint density at radius 1 is 1.11 bits per heavy atom. The zero-order chi connectivity index (χ0) is 12.1. The lowest BCUT2D eigenvalue weighted by atomic mass is 10.2. The molecule has 3 nitrogen and oxygen atoms in total. The molecule has 1 fully saturated rings. The molecule has 0 aromatic heterocycles. The van der Waals surface area contributed by atoms with E-state index in [4.69, 9.17) is 9.47 Å². The molecular formula is C14H22ClNO2. The number of benzene rings is 1. The topological polar surface area (TPSA) is 30.5 Å². The number of hydrogen-bond acceptors (Lipinski definition) is 3. The summed E-state index contributed by atoms with van der Waals surface area (Å²) in [6.45, 7) is 6.22. The van der Waals surface area contributed by atoms with E-state index in [2.05, 4.69) is 17.4 Å². The molecule has 0 aliphatic heterocycles. The number of ether oxygens (including phenoxy) is 2. The molecule has 1 saturated carbocycles. The molecule has 2 rings (SSSR count). The van der Waals surface area contributed by atoms with Gasteiger partial charge in [0.1, 0.15) is 0 Å². The van der Waals surface area contributed by atoms with Crippen LogP contribution in [0.2, 0.25) is 0 Å². The molecule has 0 spiro atoms. The van der Waals surface area contributed by atoms with E-state index in [9.17, 15) is 0 Å². The van der Waals surface area contributed by atoms with Gasteiger partial charge in [-0.25, -0.2) is 0 Å². The molecule has 0 amide bonds. The highest BCUT2D eigenvalue weighted by Gasteiger charge is 2.20. The first kappa shape index (κ1) is 15.1. The maximum Gasteiger partial charge on any atom is 0.161 e. The van der Waals surface area contributed by atoms with Crippen LogP contribution in [-0.2, 0) is 6.54 Å². The monoisotopic (exact) mass is 271 g/mol. The maximum atomic E-state index is 5.60. The van der Waals surface area contributed by atoms with Crippen LogP contribution in [0.4, 0.5) is 0 Å². The van der Waals surface area contributed by atoms with Gasteiger partial charge < -0.3 is 14.8 Å². The highest BCUT2D eigenvalue weighted by Crippen LogP contribution is 2.29. The van der Waals surface area contributed by atoms with Crippen molar-refractivity contribution >= 4 is 12.4 Å². The summed E-state index contributed by atoms with van der Waals surface area (Å²) in [4.78, 5) is 0. The minimum atomic E-state index is 0. The summed E-state index contributed by atoms with van der Waals surface area (Å²) >= 11 is 0. The average molecular weight is 272 g/mol. The third-order valence-corrected chi connectivity index (χ3v) is 2.78. The van der Waals surface area contributed by atoms with Gasteiger partial charge in [0, 0.05) is 12.6 Å². The summed E-state index contributed by atoms with van der Waals surface area (Å²) in [5.74, 6) is 1.69. The summed E-state index contributed by atoms with van der Waals surface area (Å²) in [6, 6.07) is 6.91. The number of rotatable bonds is 7. The van der Waals surface area contributed by atoms with E-state index in [0.29, 0.717) is 13.2 Å². The fourth-order valence-electron chi connectivity index (χ4n) is 1.76. The van der Waals surface area contributed by atoms with Crippen LogP contribution in [0.25, 0.3) is 0 Å². The molecule has 1 aliphatic carbocycles. The molecule has 0 unspecified atom stereocenters. The van der Waals surface area contributed by atoms with Gasteiger partial charge in [-0.2, -0.15) is 0 Å². The molecule has 1 aromatic carbocycles. The average Bonchev–Trinajstić information content (AvgIpc) is 3.14. The van der Waals surface area contributed by atoms with Crippen LogP contribution >= 0.6 is 12.4 Å². The Labute approximate surface area is 115 Å². The first-order chi connectivity index (χ1) is 8.33. The lowest BCUT2D eigenvalue weighted by Gasteiger charge is -2.12. The summed E-state index contributed by atoms with van der Waals surface area (Å²) < 4.78 is 11.1. The molecule has 0 radical (unpaired) electrons. The summed E-state index contributed by atoms with van der Waals surface area (Å²) in [7, 11) is 0. The van der Waals surface area contributed by atoms with Crippen molar-refractivity contribution in [3.05, 3.63) is 23.8 Å². The zero-order valence-corrected chi connectivity index (χ0v) is 11.9. The molecule has 102 valence electrons. The van der Waals surface area contributed by atoms with Crippen LogP contribution < -0.4 is 14.8 Å². The lowest BCUT2D eigenvalue weighted by molar-refractivity contribution is 0.287. The standard InChI is InChI=1S/C14H21NO2.ClH/c1-3-16-13-8-5-11(9-14(13)17-4-2)10-15-12-6-7-12;/h5,8-9,12,15H,3-4,6-7,10H2,1-2H3;1H. The Kier molecular flexibility index (Phi) is 6.30. The SMILES string of the molecule is CCOc1ccc(CNC2CC2)cc1OCC.Cl. The smallest absolute Gasteiger partial charge is 0.161 e. The predicted octanol–water partition coefficient (Wildman–Crippen LogP) is 3.16. The van der Waals surface area contributed by atoms with Gasteiger partial charge >= 0.3 is 0 Å². The second-order valence-electron chi connectivity index (χ2n) is 4.30. The van der Waals surface area contributed by atoms with E-state index < -0.39 is 0 Å². The third kappa shape index (κ3) is 4.39. The van der Waals surface area contributed by atoms with Gasteiger partial charge in [-0.05, 0) is 44.4 Å². The van der Waals surface area contributed by atoms with Gasteiger partial charge in [-0.15, -0.1) is 12.4 Å². The first-order valence-corrected chi connectivity index (χ1v) is 6.45. The van der Waals surface area contributed by atoms with Gasteiger partial charge in [0.2, 0.25) is 0 Å². The second kappa shape index (κ2) is 7.49. The molecule has 1 aromatic rings. The number of hydrogen-bond donors (Lipinski definition) is 1. The summed E-state index contributed by atoms with van der Waals surface area (Å²) in [6.07, 6.45) is 2.63. The Balaban J connectivity index is 0.00000162. The molecule has 0 saturated heterocycles. The predicted molar refractivity (Wildman–Crippen MR) is 75.9 cm³/mol. The first-order valence-electron chi connectivity index (χ1n) is 6.45. The fourth-order valence-corrected chi connectivity index (χ4v) is 1.76. The lowest BCUT2D eigenvalue weighted by Crippen LogP contribution is -2.15. The maximum absolute atomic E-state index is 5.60. The van der Waals surface area contributed by atoms with Crippen molar-refractivity contribution in [1.82, 2.24) is 5.32 Å². The second-order valence-corrected chi connectivity index (χ2v) is 4.30. The van der Waals surface area contributed by atoms with Crippen LogP contribution in [0.3, 0.4) is 0 Å². The van der Waals surface area contributed by atoms with Crippen molar-refractivity contribution in [3.63, 3.8) is 0 Å². The highest BCUT2D eigenvalue weighted by atomic mass is 35.5. The van der Waals surface area contributed by atoms with Crippen molar-refractivity contribution in [2.75, 3.05) is 13.2 Å². The summed E-state index contributed by atoms with van der Waals surface area (Å²) in [5.41, 5.74) is 1.25. The Bertz CT molecular complexity index is 367. The molecule has 4 heteroatoms. The van der Waals surface area contributed by atoms with Crippen LogP contribution in [0, 0.1) is 0 Å². The Morgan fingerprint density at radius 2 is 1.78 bits per heavy atom. The van der Waals surface area contributed by atoms with Crippen molar-refractivity contribution in [2.45, 2.75) is 39.3 Å². The van der Waals surface area contributed by atoms with Crippen LogP contribution in [-0.4, -0.2) is 19.3 Å². The van der Waals surface area contributed by atoms with E-state index >= 15 is 0 Å². The number of nitrogens with one attached hydrogen (secondary N) is 1. The molecule has 1 N–H and O–H groups in total. The molecule has 0 bridgehead atoms. The minimum absolute atomic E-state index is 0. The van der Waals surface area contributed by atoms with Gasteiger partial charge in [-0.1, -0.05) is 6.07 Å². The largest absolute Gasteiger partial charge is 0.490 e. The third-order valence-electron chi connectivity index (χ3n) is 2.78. The molecule has 0 heterocycles. The van der Waals surface area contributed by atoms with E-state index in [1.165, 1.54) is 18.4 Å². The summed E-state index contributed by atoms with van der Waals surface area (Å²) in [5, 5.41) is 3.50. The van der Waals surface area contributed by atoms with Crippen molar-refractivity contribution < 1.29 is 9.47 Å². The molecular weight excluding hydrogens is 250 g/mol. The Hall–Kier alpha value is -0.930. The minimum Gasteiger partial charge on any atom is -0.490 e. The van der Waals surface area contributed by atoms with Crippen molar-refractivity contribution in [3.8, 4) is 11.5 Å². The van der Waals surface area contributed by atoms with E-state index in [1.807, 2.05) is 19.9 Å². The van der Waals surface area contributed by atoms with Crippen LogP contribution in [0.5, 0.6) is 11.5 Å². The van der Waals surface area contributed by atoms with E-state index in [0.717, 1.165) is 24.1 Å². The van der Waals surface area contributed by atoms with Crippen molar-refractivity contribution in [1.29, 1.82) is 0 Å². The van der Waals surface area contributed by atoms with E-state index in [-0.39, 0.29) is 12.4 Å². The molecule has 1 aliphatic rings. The normalized spacial score (nSPS) is 13.9. The van der Waals surface area contributed by atoms with Gasteiger partial charge in [-0.3, -0.25) is 0 Å². The van der Waals surface area contributed by atoms with Gasteiger partial charge in [0.05, 0.1) is 13.2 Å². The van der Waals surface area contributed by atoms with Crippen LogP contribution in [0.1, 0.15) is 32.3 Å². The van der Waals surface area contributed by atoms with Crippen molar-refractivity contribution in [2.24, 2.45) is 0 Å². The van der Waals surface area contributed by atoms with Crippen LogP contribution in [0.15, 0.2) is 18.2 Å². The van der Waals surface area contributed by atoms with Gasteiger partial charge in [0.25, 0.3) is 0 Å². The fraction of sp³-hybridized carbons (Fsp3) is 0.571.